The number of benzene rings is 1. The smallest absolute Gasteiger partial charge is 0.146 e. The van der Waals surface area contributed by atoms with Crippen molar-refractivity contribution in [2.24, 2.45) is 0 Å². The van der Waals surface area contributed by atoms with Crippen molar-refractivity contribution in [2.45, 2.75) is 33.6 Å². The van der Waals surface area contributed by atoms with Crippen LogP contribution in [0.3, 0.4) is 0 Å². The van der Waals surface area contributed by atoms with Gasteiger partial charge < -0.3 is 4.90 Å². The Hall–Kier alpha value is -1.68. The van der Waals surface area contributed by atoms with Crippen LogP contribution < -0.4 is 4.90 Å². The molecule has 0 unspecified atom stereocenters. The Balaban J connectivity index is 2.60. The van der Waals surface area contributed by atoms with E-state index >= 15 is 0 Å². The van der Waals surface area contributed by atoms with Gasteiger partial charge in [0, 0.05) is 18.0 Å². The summed E-state index contributed by atoms with van der Waals surface area (Å²) in [5.74, 6) is 1.20. The highest BCUT2D eigenvalue weighted by Crippen LogP contribution is 2.32. The first kappa shape index (κ1) is 15.7. The van der Waals surface area contributed by atoms with Crippen LogP contribution in [0.1, 0.15) is 38.1 Å². The van der Waals surface area contributed by atoms with E-state index in [1.807, 2.05) is 38.7 Å². The van der Waals surface area contributed by atoms with Crippen LogP contribution in [0.2, 0.25) is 5.15 Å². The average Bonchev–Trinajstić information content (AvgIpc) is 2.45. The molecule has 0 aliphatic heterocycles. The summed E-state index contributed by atoms with van der Waals surface area (Å²) in [6, 6.07) is 6.66. The lowest BCUT2D eigenvalue weighted by Crippen LogP contribution is -2.21. The molecule has 1 aromatic heterocycles. The van der Waals surface area contributed by atoms with Gasteiger partial charge in [0.2, 0.25) is 0 Å². The third-order valence-corrected chi connectivity index (χ3v) is 3.68. The quantitative estimate of drug-likeness (QED) is 0.755. The molecule has 0 amide bonds. The summed E-state index contributed by atoms with van der Waals surface area (Å²) < 4.78 is 14.1. The topological polar surface area (TPSA) is 29.0 Å². The molecule has 1 aromatic carbocycles. The molecule has 0 radical (unpaired) electrons. The molecule has 0 aliphatic rings. The minimum atomic E-state index is -0.278. The number of rotatable bonds is 4. The van der Waals surface area contributed by atoms with Gasteiger partial charge >= 0.3 is 0 Å². The van der Waals surface area contributed by atoms with E-state index < -0.39 is 0 Å². The van der Waals surface area contributed by atoms with Crippen LogP contribution in [0.5, 0.6) is 0 Å². The monoisotopic (exact) mass is 307 g/mol. The SMILES string of the molecule is CCN(c1ccccc1F)c1nc(C(C)C)nc(Cl)c1C. The molecular weight excluding hydrogens is 289 g/mol. The second-order valence-electron chi connectivity index (χ2n) is 5.17. The van der Waals surface area contributed by atoms with Crippen molar-refractivity contribution in [1.82, 2.24) is 9.97 Å². The van der Waals surface area contributed by atoms with E-state index in [0.29, 0.717) is 29.0 Å². The minimum absolute atomic E-state index is 0.154. The molecule has 2 aromatic rings. The first-order valence-corrected chi connectivity index (χ1v) is 7.39. The first-order chi connectivity index (χ1) is 9.95. The molecule has 2 rings (SSSR count). The highest BCUT2D eigenvalue weighted by atomic mass is 35.5. The summed E-state index contributed by atoms with van der Waals surface area (Å²) in [6.45, 7) is 8.41. The zero-order valence-corrected chi connectivity index (χ0v) is 13.4. The lowest BCUT2D eigenvalue weighted by Gasteiger charge is -2.25. The molecule has 0 aliphatic carbocycles. The van der Waals surface area contributed by atoms with Gasteiger partial charge in [0.1, 0.15) is 22.6 Å². The fourth-order valence-electron chi connectivity index (χ4n) is 2.12. The second kappa shape index (κ2) is 6.39. The molecule has 0 bridgehead atoms. The third kappa shape index (κ3) is 3.16. The van der Waals surface area contributed by atoms with Crippen molar-refractivity contribution < 1.29 is 4.39 Å². The maximum Gasteiger partial charge on any atom is 0.146 e. The maximum atomic E-state index is 14.1. The van der Waals surface area contributed by atoms with Gasteiger partial charge in [0.15, 0.2) is 0 Å². The summed E-state index contributed by atoms with van der Waals surface area (Å²) >= 11 is 6.22. The van der Waals surface area contributed by atoms with Crippen LogP contribution in [-0.4, -0.2) is 16.5 Å². The highest BCUT2D eigenvalue weighted by molar-refractivity contribution is 6.30. The summed E-state index contributed by atoms with van der Waals surface area (Å²) in [7, 11) is 0. The van der Waals surface area contributed by atoms with Gasteiger partial charge in [-0.2, -0.15) is 0 Å². The van der Waals surface area contributed by atoms with E-state index in [9.17, 15) is 4.39 Å². The summed E-state index contributed by atoms with van der Waals surface area (Å²) in [5.41, 5.74) is 1.25. The molecule has 1 heterocycles. The first-order valence-electron chi connectivity index (χ1n) is 7.01. The zero-order valence-electron chi connectivity index (χ0n) is 12.7. The molecule has 3 nitrogen and oxygen atoms in total. The minimum Gasteiger partial charge on any atom is -0.324 e. The number of para-hydroxylation sites is 1. The number of nitrogens with zero attached hydrogens (tertiary/aromatic N) is 3. The molecule has 0 fully saturated rings. The van der Waals surface area contributed by atoms with Crippen LogP contribution in [0, 0.1) is 12.7 Å². The van der Waals surface area contributed by atoms with Gasteiger partial charge in [0.05, 0.1) is 5.69 Å². The molecule has 0 spiro atoms. The fraction of sp³-hybridized carbons (Fsp3) is 0.375. The Labute approximate surface area is 129 Å². The van der Waals surface area contributed by atoms with Crippen LogP contribution >= 0.6 is 11.6 Å². The fourth-order valence-corrected chi connectivity index (χ4v) is 2.29. The number of halogens is 2. The van der Waals surface area contributed by atoms with Crippen molar-refractivity contribution in [3.8, 4) is 0 Å². The maximum absolute atomic E-state index is 14.1. The standard InChI is InChI=1S/C16H19ClFN3/c1-5-21(13-9-7-6-8-12(13)18)16-11(4)14(17)19-15(20-16)10(2)3/h6-10H,5H2,1-4H3. The van der Waals surface area contributed by atoms with Gasteiger partial charge in [-0.25, -0.2) is 14.4 Å². The molecule has 0 saturated carbocycles. The van der Waals surface area contributed by atoms with Crippen molar-refractivity contribution in [3.05, 3.63) is 46.6 Å². The Morgan fingerprint density at radius 1 is 1.24 bits per heavy atom. The average molecular weight is 308 g/mol. The van der Waals surface area contributed by atoms with Gasteiger partial charge in [0.25, 0.3) is 0 Å². The largest absolute Gasteiger partial charge is 0.324 e. The number of aromatic nitrogens is 2. The van der Waals surface area contributed by atoms with Gasteiger partial charge in [-0.15, -0.1) is 0 Å². The van der Waals surface area contributed by atoms with Crippen molar-refractivity contribution in [3.63, 3.8) is 0 Å². The molecule has 112 valence electrons. The lowest BCUT2D eigenvalue weighted by molar-refractivity contribution is 0.624. The lowest BCUT2D eigenvalue weighted by atomic mass is 10.2. The molecule has 0 saturated heterocycles. The van der Waals surface area contributed by atoms with Crippen LogP contribution in [0.4, 0.5) is 15.9 Å². The van der Waals surface area contributed by atoms with E-state index in [1.54, 1.807) is 12.1 Å². The van der Waals surface area contributed by atoms with Crippen molar-refractivity contribution in [1.29, 1.82) is 0 Å². The molecule has 0 N–H and O–H groups in total. The summed E-state index contributed by atoms with van der Waals surface area (Å²) in [5, 5.41) is 0.415. The second-order valence-corrected chi connectivity index (χ2v) is 5.53. The zero-order chi connectivity index (χ0) is 15.6. The van der Waals surface area contributed by atoms with Gasteiger partial charge in [-0.3, -0.25) is 0 Å². The normalized spacial score (nSPS) is 11.0. The summed E-state index contributed by atoms with van der Waals surface area (Å²) in [6.07, 6.45) is 0. The molecule has 21 heavy (non-hydrogen) atoms. The van der Waals surface area contributed by atoms with E-state index in [-0.39, 0.29) is 11.7 Å². The van der Waals surface area contributed by atoms with E-state index in [0.717, 1.165) is 5.56 Å². The van der Waals surface area contributed by atoms with E-state index in [2.05, 4.69) is 9.97 Å². The molecule has 0 atom stereocenters. The Bertz CT molecular complexity index is 643. The van der Waals surface area contributed by atoms with Crippen LogP contribution in [0.25, 0.3) is 0 Å². The van der Waals surface area contributed by atoms with E-state index in [4.69, 9.17) is 11.6 Å². The Morgan fingerprint density at radius 2 is 1.90 bits per heavy atom. The van der Waals surface area contributed by atoms with Gasteiger partial charge in [-0.05, 0) is 26.0 Å². The number of anilines is 2. The van der Waals surface area contributed by atoms with Crippen LogP contribution in [0.15, 0.2) is 24.3 Å². The van der Waals surface area contributed by atoms with Crippen molar-refractivity contribution >= 4 is 23.1 Å². The Kier molecular flexibility index (Phi) is 4.78. The predicted octanol–water partition coefficient (Wildman–Crippen LogP) is 4.86. The highest BCUT2D eigenvalue weighted by Gasteiger charge is 2.19. The predicted molar refractivity (Wildman–Crippen MR) is 84.9 cm³/mol. The van der Waals surface area contributed by atoms with Gasteiger partial charge in [-0.1, -0.05) is 37.6 Å². The third-order valence-electron chi connectivity index (χ3n) is 3.31. The Morgan fingerprint density at radius 3 is 2.48 bits per heavy atom. The molecule has 5 heteroatoms. The number of hydrogen-bond acceptors (Lipinski definition) is 3. The molecular formula is C16H19ClFN3. The summed E-state index contributed by atoms with van der Waals surface area (Å²) in [4.78, 5) is 10.7. The van der Waals surface area contributed by atoms with E-state index in [1.165, 1.54) is 6.07 Å². The van der Waals surface area contributed by atoms with Crippen molar-refractivity contribution in [2.75, 3.05) is 11.4 Å². The number of hydrogen-bond donors (Lipinski definition) is 0. The van der Waals surface area contributed by atoms with Crippen LogP contribution in [-0.2, 0) is 0 Å².